The summed E-state index contributed by atoms with van der Waals surface area (Å²) >= 11 is 1.94. The molecule has 1 spiro atoms. The van der Waals surface area contributed by atoms with Gasteiger partial charge in [0.25, 0.3) is 0 Å². The largest absolute Gasteiger partial charge is 0.296 e. The summed E-state index contributed by atoms with van der Waals surface area (Å²) in [5, 5.41) is 3.03. The Labute approximate surface area is 112 Å². The number of thioether (sulfide) groups is 1. The minimum atomic E-state index is -0.0522. The molecule has 3 nitrogen and oxygen atoms in total. The molecule has 2 aliphatic heterocycles. The third-order valence-corrected chi connectivity index (χ3v) is 6.68. The molecule has 100 valence electrons. The van der Waals surface area contributed by atoms with Crippen LogP contribution in [0.25, 0.3) is 0 Å². The lowest BCUT2D eigenvalue weighted by Gasteiger charge is -2.45. The van der Waals surface area contributed by atoms with Gasteiger partial charge in [0.1, 0.15) is 0 Å². The van der Waals surface area contributed by atoms with Crippen molar-refractivity contribution in [3.05, 3.63) is 0 Å². The van der Waals surface area contributed by atoms with Crippen LogP contribution in [0.4, 0.5) is 0 Å². The number of amides is 2. The van der Waals surface area contributed by atoms with Crippen molar-refractivity contribution in [3.63, 3.8) is 0 Å². The molecule has 2 amide bonds. The summed E-state index contributed by atoms with van der Waals surface area (Å²) in [7, 11) is 0. The summed E-state index contributed by atoms with van der Waals surface area (Å²) in [6.07, 6.45) is 6.45. The van der Waals surface area contributed by atoms with Crippen LogP contribution in [0, 0.1) is 17.3 Å². The molecule has 3 unspecified atom stereocenters. The molecule has 18 heavy (non-hydrogen) atoms. The Morgan fingerprint density at radius 1 is 1.28 bits per heavy atom. The lowest BCUT2D eigenvalue weighted by Crippen LogP contribution is -2.56. The molecule has 0 aromatic carbocycles. The molecular formula is C14H21NO2S. The topological polar surface area (TPSA) is 46.2 Å². The van der Waals surface area contributed by atoms with Gasteiger partial charge in [0, 0.05) is 23.0 Å². The standard InChI is InChI=1S/C14H21NO2S/c1-9-14(6-7-18-9)8-11(16)15-13(17)12(14)10-4-2-3-5-10/h9-10,12H,2-8H2,1H3,(H,15,16,17). The SMILES string of the molecule is CC1SCCC12CC(=O)NC(=O)C2C1CCCC1. The van der Waals surface area contributed by atoms with Gasteiger partial charge in [-0.3, -0.25) is 14.9 Å². The molecule has 0 bridgehead atoms. The van der Waals surface area contributed by atoms with Crippen molar-refractivity contribution >= 4 is 23.6 Å². The highest BCUT2D eigenvalue weighted by Crippen LogP contribution is 2.56. The zero-order valence-corrected chi connectivity index (χ0v) is 11.7. The molecule has 0 radical (unpaired) electrons. The summed E-state index contributed by atoms with van der Waals surface area (Å²) in [6, 6.07) is 0. The van der Waals surface area contributed by atoms with Crippen LogP contribution < -0.4 is 5.32 Å². The van der Waals surface area contributed by atoms with E-state index in [4.69, 9.17) is 0 Å². The number of carbonyl (C=O) groups excluding carboxylic acids is 2. The Bertz CT molecular complexity index is 378. The lowest BCUT2D eigenvalue weighted by molar-refractivity contribution is -0.146. The normalized spacial score (nSPS) is 41.6. The molecule has 1 aliphatic carbocycles. The van der Waals surface area contributed by atoms with Gasteiger partial charge >= 0.3 is 0 Å². The Balaban J connectivity index is 1.95. The van der Waals surface area contributed by atoms with Crippen LogP contribution in [0.1, 0.15) is 45.4 Å². The average Bonchev–Trinajstić information content (AvgIpc) is 2.91. The molecule has 1 saturated carbocycles. The van der Waals surface area contributed by atoms with Crippen LogP contribution in [0.5, 0.6) is 0 Å². The molecule has 3 aliphatic rings. The number of rotatable bonds is 1. The van der Waals surface area contributed by atoms with E-state index in [1.165, 1.54) is 25.7 Å². The van der Waals surface area contributed by atoms with Gasteiger partial charge in [-0.15, -0.1) is 0 Å². The van der Waals surface area contributed by atoms with Crippen molar-refractivity contribution in [2.24, 2.45) is 17.3 Å². The Hall–Kier alpha value is -0.510. The van der Waals surface area contributed by atoms with E-state index in [9.17, 15) is 9.59 Å². The van der Waals surface area contributed by atoms with E-state index in [2.05, 4.69) is 12.2 Å². The van der Waals surface area contributed by atoms with Gasteiger partial charge in [0.05, 0.1) is 0 Å². The summed E-state index contributed by atoms with van der Waals surface area (Å²) in [4.78, 5) is 24.2. The van der Waals surface area contributed by atoms with Gasteiger partial charge < -0.3 is 0 Å². The average molecular weight is 267 g/mol. The third kappa shape index (κ3) is 1.80. The molecule has 0 aromatic rings. The van der Waals surface area contributed by atoms with Crippen molar-refractivity contribution in [2.75, 3.05) is 5.75 Å². The maximum Gasteiger partial charge on any atom is 0.230 e. The van der Waals surface area contributed by atoms with Crippen LogP contribution in [-0.2, 0) is 9.59 Å². The molecule has 3 atom stereocenters. The van der Waals surface area contributed by atoms with Crippen molar-refractivity contribution in [1.29, 1.82) is 0 Å². The Morgan fingerprint density at radius 3 is 2.61 bits per heavy atom. The van der Waals surface area contributed by atoms with E-state index < -0.39 is 0 Å². The fourth-order valence-electron chi connectivity index (χ4n) is 4.34. The maximum absolute atomic E-state index is 12.4. The second-order valence-corrected chi connectivity index (χ2v) is 7.56. The van der Waals surface area contributed by atoms with Gasteiger partial charge in [-0.25, -0.2) is 0 Å². The highest BCUT2D eigenvalue weighted by Gasteiger charge is 2.56. The first kappa shape index (κ1) is 12.5. The van der Waals surface area contributed by atoms with E-state index in [0.717, 1.165) is 12.2 Å². The highest BCUT2D eigenvalue weighted by molar-refractivity contribution is 8.00. The quantitative estimate of drug-likeness (QED) is 0.742. The first-order chi connectivity index (χ1) is 8.63. The van der Waals surface area contributed by atoms with Crippen LogP contribution in [0.3, 0.4) is 0 Å². The number of hydrogen-bond acceptors (Lipinski definition) is 3. The van der Waals surface area contributed by atoms with Gasteiger partial charge in [-0.05, 0) is 30.9 Å². The summed E-state index contributed by atoms with van der Waals surface area (Å²) in [5.74, 6) is 1.67. The molecule has 4 heteroatoms. The highest BCUT2D eigenvalue weighted by atomic mass is 32.2. The van der Waals surface area contributed by atoms with Crippen molar-refractivity contribution < 1.29 is 9.59 Å². The minimum absolute atomic E-state index is 0.0208. The van der Waals surface area contributed by atoms with Crippen molar-refractivity contribution in [3.8, 4) is 0 Å². The number of nitrogens with one attached hydrogen (secondary N) is 1. The van der Waals surface area contributed by atoms with E-state index in [1.54, 1.807) is 0 Å². The first-order valence-corrected chi connectivity index (χ1v) is 8.14. The smallest absolute Gasteiger partial charge is 0.230 e. The minimum Gasteiger partial charge on any atom is -0.296 e. The van der Waals surface area contributed by atoms with Gasteiger partial charge in [-0.2, -0.15) is 11.8 Å². The molecular weight excluding hydrogens is 246 g/mol. The number of carbonyl (C=O) groups is 2. The zero-order chi connectivity index (χ0) is 12.8. The van der Waals surface area contributed by atoms with Crippen LogP contribution in [0.2, 0.25) is 0 Å². The predicted octanol–water partition coefficient (Wildman–Crippen LogP) is 2.35. The molecule has 3 fully saturated rings. The summed E-state index contributed by atoms with van der Waals surface area (Å²) in [6.45, 7) is 2.21. The molecule has 0 aromatic heterocycles. The fourth-order valence-corrected chi connectivity index (χ4v) is 5.87. The van der Waals surface area contributed by atoms with Crippen LogP contribution >= 0.6 is 11.8 Å². The molecule has 2 heterocycles. The van der Waals surface area contributed by atoms with Crippen LogP contribution in [0.15, 0.2) is 0 Å². The lowest BCUT2D eigenvalue weighted by atomic mass is 9.61. The Kier molecular flexibility index (Phi) is 3.16. The van der Waals surface area contributed by atoms with Crippen molar-refractivity contribution in [2.45, 2.75) is 50.7 Å². The van der Waals surface area contributed by atoms with E-state index >= 15 is 0 Å². The van der Waals surface area contributed by atoms with E-state index in [1.807, 2.05) is 11.8 Å². The summed E-state index contributed by atoms with van der Waals surface area (Å²) in [5.41, 5.74) is -0.0426. The third-order valence-electron chi connectivity index (χ3n) is 5.27. The van der Waals surface area contributed by atoms with E-state index in [-0.39, 0.29) is 23.1 Å². The number of imide groups is 1. The molecule has 1 N–H and O–H groups in total. The molecule has 2 saturated heterocycles. The van der Waals surface area contributed by atoms with Crippen LogP contribution in [-0.4, -0.2) is 22.8 Å². The maximum atomic E-state index is 12.4. The Morgan fingerprint density at radius 2 is 2.00 bits per heavy atom. The summed E-state index contributed by atoms with van der Waals surface area (Å²) < 4.78 is 0. The first-order valence-electron chi connectivity index (χ1n) is 7.09. The number of piperidine rings is 1. The van der Waals surface area contributed by atoms with Gasteiger partial charge in [0.2, 0.25) is 11.8 Å². The predicted molar refractivity (Wildman–Crippen MR) is 72.2 cm³/mol. The monoisotopic (exact) mass is 267 g/mol. The van der Waals surface area contributed by atoms with E-state index in [0.29, 0.717) is 17.6 Å². The number of hydrogen-bond donors (Lipinski definition) is 1. The second kappa shape index (κ2) is 4.55. The van der Waals surface area contributed by atoms with Gasteiger partial charge in [-0.1, -0.05) is 19.8 Å². The van der Waals surface area contributed by atoms with Crippen molar-refractivity contribution in [1.82, 2.24) is 5.32 Å². The zero-order valence-electron chi connectivity index (χ0n) is 10.9. The second-order valence-electron chi connectivity index (χ2n) is 6.11. The molecule has 3 rings (SSSR count). The fraction of sp³-hybridized carbons (Fsp3) is 0.857. The van der Waals surface area contributed by atoms with Gasteiger partial charge in [0.15, 0.2) is 0 Å².